The van der Waals surface area contributed by atoms with Crippen molar-refractivity contribution in [1.29, 1.82) is 0 Å². The van der Waals surface area contributed by atoms with E-state index in [0.717, 1.165) is 71.3 Å². The summed E-state index contributed by atoms with van der Waals surface area (Å²) in [6, 6.07) is 20.7. The van der Waals surface area contributed by atoms with E-state index in [1.54, 1.807) is 6.20 Å². The Hall–Kier alpha value is -4.38. The molecule has 144 valence electrons. The van der Waals surface area contributed by atoms with Crippen LogP contribution in [-0.4, -0.2) is 14.4 Å². The molecule has 8 aromatic rings. The van der Waals surface area contributed by atoms with Gasteiger partial charge in [0.1, 0.15) is 16.7 Å². The predicted octanol–water partition coefficient (Wildman–Crippen LogP) is 6.83. The molecule has 0 bridgehead atoms. The van der Waals surface area contributed by atoms with E-state index in [1.165, 1.54) is 0 Å². The highest BCUT2D eigenvalue weighted by Crippen LogP contribution is 2.42. The van der Waals surface area contributed by atoms with Gasteiger partial charge in [0.15, 0.2) is 16.8 Å². The molecule has 0 saturated heterocycles. The van der Waals surface area contributed by atoms with E-state index in [9.17, 15) is 0 Å². The molecule has 0 aliphatic heterocycles. The Bertz CT molecular complexity index is 2010. The van der Waals surface area contributed by atoms with Gasteiger partial charge in [-0.15, -0.1) is 0 Å². The zero-order chi connectivity index (χ0) is 20.1. The fourth-order valence-corrected chi connectivity index (χ4v) is 4.99. The molecule has 0 radical (unpaired) electrons. The molecule has 0 fully saturated rings. The van der Waals surface area contributed by atoms with Gasteiger partial charge in [-0.1, -0.05) is 24.3 Å². The first-order chi connectivity index (χ1) is 15.4. The Balaban J connectivity index is 1.66. The van der Waals surface area contributed by atoms with Crippen molar-refractivity contribution in [3.63, 3.8) is 0 Å². The van der Waals surface area contributed by atoms with Crippen molar-refractivity contribution in [3.05, 3.63) is 79.3 Å². The molecule has 5 heteroatoms. The fraction of sp³-hybridized carbons (Fsp3) is 0. The number of furan rings is 2. The highest BCUT2D eigenvalue weighted by molar-refractivity contribution is 6.26. The topological polar surface area (TPSA) is 56.5 Å². The van der Waals surface area contributed by atoms with E-state index >= 15 is 0 Å². The SMILES string of the molecule is c1ccc2c(c1)oc1c2ccc2c3ccc4c(c5cccnc5c5nccn45)c3oc21. The lowest BCUT2D eigenvalue weighted by atomic mass is 10.0. The maximum atomic E-state index is 6.59. The van der Waals surface area contributed by atoms with Gasteiger partial charge < -0.3 is 8.83 Å². The van der Waals surface area contributed by atoms with Crippen molar-refractivity contribution < 1.29 is 8.83 Å². The lowest BCUT2D eigenvalue weighted by Crippen LogP contribution is -1.92. The Kier molecular flexibility index (Phi) is 2.60. The summed E-state index contributed by atoms with van der Waals surface area (Å²) in [4.78, 5) is 9.17. The molecule has 0 N–H and O–H groups in total. The fourth-order valence-electron chi connectivity index (χ4n) is 4.99. The van der Waals surface area contributed by atoms with Gasteiger partial charge in [-0.2, -0.15) is 0 Å². The molecule has 0 atom stereocenters. The maximum Gasteiger partial charge on any atom is 0.178 e. The molecule has 5 heterocycles. The average Bonchev–Trinajstić information content (AvgIpc) is 3.53. The molecule has 0 aliphatic rings. The normalized spacial score (nSPS) is 12.5. The van der Waals surface area contributed by atoms with E-state index in [4.69, 9.17) is 8.83 Å². The molecule has 31 heavy (non-hydrogen) atoms. The van der Waals surface area contributed by atoms with Crippen LogP contribution in [0, 0.1) is 0 Å². The minimum atomic E-state index is 0.777. The van der Waals surface area contributed by atoms with Crippen molar-refractivity contribution in [1.82, 2.24) is 14.4 Å². The van der Waals surface area contributed by atoms with Gasteiger partial charge in [-0.05, 0) is 36.4 Å². The second kappa shape index (κ2) is 5.21. The van der Waals surface area contributed by atoms with Crippen LogP contribution in [0.15, 0.2) is 88.1 Å². The van der Waals surface area contributed by atoms with Crippen molar-refractivity contribution >= 4 is 71.3 Å². The van der Waals surface area contributed by atoms with Crippen LogP contribution in [0.2, 0.25) is 0 Å². The Labute approximate surface area is 174 Å². The summed E-state index contributed by atoms with van der Waals surface area (Å²) in [7, 11) is 0. The lowest BCUT2D eigenvalue weighted by molar-refractivity contribution is 0.635. The van der Waals surface area contributed by atoms with E-state index in [-0.39, 0.29) is 0 Å². The van der Waals surface area contributed by atoms with Gasteiger partial charge in [0.05, 0.1) is 10.9 Å². The molecule has 0 spiro atoms. The maximum absolute atomic E-state index is 6.59. The van der Waals surface area contributed by atoms with E-state index in [2.05, 4.69) is 50.8 Å². The molecular formula is C26H13N3O2. The van der Waals surface area contributed by atoms with Crippen LogP contribution < -0.4 is 0 Å². The number of imidazole rings is 1. The third-order valence-corrected chi connectivity index (χ3v) is 6.32. The van der Waals surface area contributed by atoms with Gasteiger partial charge >= 0.3 is 0 Å². The van der Waals surface area contributed by atoms with Crippen LogP contribution in [0.3, 0.4) is 0 Å². The van der Waals surface area contributed by atoms with E-state index < -0.39 is 0 Å². The number of hydrogen-bond donors (Lipinski definition) is 0. The van der Waals surface area contributed by atoms with Gasteiger partial charge in [0, 0.05) is 45.5 Å². The van der Waals surface area contributed by atoms with Crippen molar-refractivity contribution in [2.24, 2.45) is 0 Å². The summed E-state index contributed by atoms with van der Waals surface area (Å²) in [5, 5.41) is 6.34. The van der Waals surface area contributed by atoms with Gasteiger partial charge in [0.25, 0.3) is 0 Å². The first-order valence-electron chi connectivity index (χ1n) is 10.2. The Morgan fingerprint density at radius 2 is 1.39 bits per heavy atom. The third kappa shape index (κ3) is 1.78. The molecule has 5 nitrogen and oxygen atoms in total. The summed E-state index contributed by atoms with van der Waals surface area (Å²) < 4.78 is 14.9. The molecule has 8 rings (SSSR count). The number of pyridine rings is 2. The average molecular weight is 399 g/mol. The molecule has 0 amide bonds. The number of rotatable bonds is 0. The standard InChI is InChI=1S/C26H13N3O2/c1-2-6-20-14(4-1)15-7-8-17-16-9-10-19-21(23(16)31-25(17)24(15)30-20)18-5-3-11-27-22(18)26-28-12-13-29(19)26/h1-13H. The third-order valence-electron chi connectivity index (χ3n) is 6.32. The van der Waals surface area contributed by atoms with Crippen LogP contribution in [0.1, 0.15) is 0 Å². The van der Waals surface area contributed by atoms with Crippen LogP contribution >= 0.6 is 0 Å². The quantitative estimate of drug-likeness (QED) is 0.262. The second-order valence-electron chi connectivity index (χ2n) is 7.88. The summed E-state index contributed by atoms with van der Waals surface area (Å²) in [5.41, 5.74) is 6.02. The zero-order valence-corrected chi connectivity index (χ0v) is 16.2. The minimum Gasteiger partial charge on any atom is -0.452 e. The Morgan fingerprint density at radius 3 is 2.35 bits per heavy atom. The summed E-state index contributed by atoms with van der Waals surface area (Å²) >= 11 is 0. The number of fused-ring (bicyclic) bond motifs is 14. The highest BCUT2D eigenvalue weighted by atomic mass is 16.4. The first kappa shape index (κ1) is 15.5. The summed E-state index contributed by atoms with van der Waals surface area (Å²) in [6.45, 7) is 0. The number of nitrogens with zero attached hydrogens (tertiary/aromatic N) is 3. The monoisotopic (exact) mass is 399 g/mol. The predicted molar refractivity (Wildman–Crippen MR) is 123 cm³/mol. The molecular weight excluding hydrogens is 386 g/mol. The van der Waals surface area contributed by atoms with Crippen molar-refractivity contribution in [3.8, 4) is 0 Å². The highest BCUT2D eigenvalue weighted by Gasteiger charge is 2.20. The largest absolute Gasteiger partial charge is 0.452 e. The van der Waals surface area contributed by atoms with Crippen LogP contribution in [-0.2, 0) is 0 Å². The second-order valence-corrected chi connectivity index (χ2v) is 7.88. The number of para-hydroxylation sites is 1. The van der Waals surface area contributed by atoms with Crippen molar-refractivity contribution in [2.45, 2.75) is 0 Å². The van der Waals surface area contributed by atoms with Crippen molar-refractivity contribution in [2.75, 3.05) is 0 Å². The number of benzene rings is 3. The van der Waals surface area contributed by atoms with Crippen LogP contribution in [0.5, 0.6) is 0 Å². The zero-order valence-electron chi connectivity index (χ0n) is 16.2. The Morgan fingerprint density at radius 1 is 0.613 bits per heavy atom. The van der Waals surface area contributed by atoms with Gasteiger partial charge in [-0.25, -0.2) is 4.98 Å². The van der Waals surface area contributed by atoms with Gasteiger partial charge in [-0.3, -0.25) is 9.38 Å². The first-order valence-corrected chi connectivity index (χ1v) is 10.2. The molecule has 0 unspecified atom stereocenters. The summed E-state index contributed by atoms with van der Waals surface area (Å²) in [5.74, 6) is 0. The minimum absolute atomic E-state index is 0.777. The van der Waals surface area contributed by atoms with Crippen LogP contribution in [0.4, 0.5) is 0 Å². The van der Waals surface area contributed by atoms with Crippen LogP contribution in [0.25, 0.3) is 71.3 Å². The molecule has 0 aliphatic carbocycles. The number of aromatic nitrogens is 3. The summed E-state index contributed by atoms with van der Waals surface area (Å²) in [6.07, 6.45) is 5.58. The van der Waals surface area contributed by atoms with Gasteiger partial charge in [0.2, 0.25) is 0 Å². The molecule has 5 aromatic heterocycles. The lowest BCUT2D eigenvalue weighted by Gasteiger charge is -2.07. The molecule has 3 aromatic carbocycles. The van der Waals surface area contributed by atoms with E-state index in [1.807, 2.05) is 36.7 Å². The van der Waals surface area contributed by atoms with E-state index in [0.29, 0.717) is 0 Å². The smallest absolute Gasteiger partial charge is 0.178 e. The molecule has 0 saturated carbocycles. The number of hydrogen-bond acceptors (Lipinski definition) is 4.